The summed E-state index contributed by atoms with van der Waals surface area (Å²) in [6.45, 7) is 0. The Bertz CT molecular complexity index is 1760. The van der Waals surface area contributed by atoms with Gasteiger partial charge in [-0.25, -0.2) is 0 Å². The maximum absolute atomic E-state index is 4.51. The number of imidazole rings is 1. The Morgan fingerprint density at radius 2 is 1.36 bits per heavy atom. The van der Waals surface area contributed by atoms with Crippen molar-refractivity contribution in [2.45, 2.75) is 0 Å². The molecule has 0 bridgehead atoms. The van der Waals surface area contributed by atoms with Gasteiger partial charge in [-0.3, -0.25) is 15.0 Å². The first-order chi connectivity index (χ1) is 20.3. The van der Waals surface area contributed by atoms with Crippen molar-refractivity contribution in [3.05, 3.63) is 146 Å². The number of pyridine rings is 2. The normalized spacial score (nSPS) is 10.2. The fourth-order valence-corrected chi connectivity index (χ4v) is 4.08. The van der Waals surface area contributed by atoms with E-state index in [0.29, 0.717) is 17.3 Å². The third-order valence-electron chi connectivity index (χ3n) is 6.04. The number of nitrogens with zero attached hydrogens (tertiary/aromatic N) is 8. The molecule has 0 amide bonds. The first-order valence-corrected chi connectivity index (χ1v) is 12.8. The number of hydrogen-bond donors (Lipinski definition) is 0. The quantitative estimate of drug-likeness (QED) is 0.196. The molecule has 0 spiro atoms. The Labute approximate surface area is 256 Å². The molecule has 205 valence electrons. The van der Waals surface area contributed by atoms with E-state index in [-0.39, 0.29) is 20.1 Å². The zero-order valence-electron chi connectivity index (χ0n) is 22.1. The van der Waals surface area contributed by atoms with Crippen molar-refractivity contribution in [3.63, 3.8) is 0 Å². The van der Waals surface area contributed by atoms with E-state index in [0.717, 1.165) is 33.8 Å². The van der Waals surface area contributed by atoms with E-state index in [1.165, 1.54) is 0 Å². The summed E-state index contributed by atoms with van der Waals surface area (Å²) in [5.41, 5.74) is 5.65. The van der Waals surface area contributed by atoms with Crippen molar-refractivity contribution in [1.29, 1.82) is 0 Å². The Hall–Kier alpha value is -5.24. The summed E-state index contributed by atoms with van der Waals surface area (Å²) >= 11 is 0. The van der Waals surface area contributed by atoms with Crippen molar-refractivity contribution in [2.75, 3.05) is 0 Å². The molecule has 0 aliphatic rings. The second-order valence-electron chi connectivity index (χ2n) is 8.73. The Balaban J connectivity index is 0.000000169. The molecular formula is C33H22IrN8-2. The van der Waals surface area contributed by atoms with Gasteiger partial charge in [-0.1, -0.05) is 35.9 Å². The van der Waals surface area contributed by atoms with Crippen LogP contribution in [0.1, 0.15) is 0 Å². The molecule has 0 saturated carbocycles. The van der Waals surface area contributed by atoms with Gasteiger partial charge in [0, 0.05) is 56.8 Å². The van der Waals surface area contributed by atoms with Gasteiger partial charge in [-0.05, 0) is 35.9 Å². The van der Waals surface area contributed by atoms with Crippen molar-refractivity contribution in [3.8, 4) is 51.1 Å². The molecule has 3 aromatic carbocycles. The van der Waals surface area contributed by atoms with Crippen LogP contribution < -0.4 is 0 Å². The molecule has 8 nitrogen and oxygen atoms in total. The minimum atomic E-state index is 0. The molecule has 4 aromatic heterocycles. The van der Waals surface area contributed by atoms with E-state index in [1.54, 1.807) is 18.5 Å². The molecule has 7 rings (SSSR count). The molecule has 0 N–H and O–H groups in total. The number of para-hydroxylation sites is 1. The summed E-state index contributed by atoms with van der Waals surface area (Å²) in [5.74, 6) is 1.74. The monoisotopic (exact) mass is 723 g/mol. The minimum absolute atomic E-state index is 0. The van der Waals surface area contributed by atoms with E-state index in [4.69, 9.17) is 0 Å². The molecule has 1 radical (unpaired) electrons. The molecule has 9 heteroatoms. The summed E-state index contributed by atoms with van der Waals surface area (Å²) in [4.78, 5) is 12.8. The second kappa shape index (κ2) is 13.9. The molecule has 42 heavy (non-hydrogen) atoms. The Morgan fingerprint density at radius 3 is 2.10 bits per heavy atom. The van der Waals surface area contributed by atoms with Crippen molar-refractivity contribution in [2.24, 2.45) is 0 Å². The molecule has 7 aromatic rings. The van der Waals surface area contributed by atoms with Crippen LogP contribution in [0.25, 0.3) is 51.1 Å². The van der Waals surface area contributed by atoms with Gasteiger partial charge >= 0.3 is 0 Å². The van der Waals surface area contributed by atoms with Gasteiger partial charge in [0.2, 0.25) is 5.82 Å². The average Bonchev–Trinajstić information content (AvgIpc) is 3.57. The average molecular weight is 723 g/mol. The van der Waals surface area contributed by atoms with Crippen LogP contribution in [0.4, 0.5) is 0 Å². The third kappa shape index (κ3) is 6.72. The van der Waals surface area contributed by atoms with Crippen LogP contribution in [0.15, 0.2) is 134 Å². The van der Waals surface area contributed by atoms with Gasteiger partial charge in [0.1, 0.15) is 11.5 Å². The van der Waals surface area contributed by atoms with Crippen LogP contribution >= 0.6 is 0 Å². The summed E-state index contributed by atoms with van der Waals surface area (Å²) in [6.07, 6.45) is 9.10. The van der Waals surface area contributed by atoms with Crippen molar-refractivity contribution < 1.29 is 20.1 Å². The second-order valence-corrected chi connectivity index (χ2v) is 8.73. The molecule has 0 atom stereocenters. The van der Waals surface area contributed by atoms with Crippen LogP contribution in [0.3, 0.4) is 0 Å². The fraction of sp³-hybridized carbons (Fsp3) is 0. The predicted octanol–water partition coefficient (Wildman–Crippen LogP) is 6.19. The SMILES string of the molecule is [Ir].[c-]1ccc(-c2cccnc2)cc1-c1nccn1-c1ccccc1.[c-]1ccccc1-c1nnc(-c2ccccn2)nn1. The summed E-state index contributed by atoms with van der Waals surface area (Å²) < 4.78 is 2.07. The number of benzene rings is 3. The maximum Gasteiger partial charge on any atom is 0.220 e. The van der Waals surface area contributed by atoms with Gasteiger partial charge in [-0.15, -0.1) is 75.9 Å². The van der Waals surface area contributed by atoms with E-state index in [1.807, 2.05) is 91.4 Å². The van der Waals surface area contributed by atoms with E-state index in [2.05, 4.69) is 76.3 Å². The molecule has 0 saturated heterocycles. The number of hydrogen-bond acceptors (Lipinski definition) is 7. The molecule has 0 aliphatic heterocycles. The summed E-state index contributed by atoms with van der Waals surface area (Å²) in [6, 6.07) is 39.5. The van der Waals surface area contributed by atoms with E-state index in [9.17, 15) is 0 Å². The van der Waals surface area contributed by atoms with Crippen molar-refractivity contribution >= 4 is 0 Å². The van der Waals surface area contributed by atoms with E-state index < -0.39 is 0 Å². The maximum atomic E-state index is 4.51. The molecule has 0 unspecified atom stereocenters. The van der Waals surface area contributed by atoms with E-state index >= 15 is 0 Å². The third-order valence-corrected chi connectivity index (χ3v) is 6.04. The first-order valence-electron chi connectivity index (χ1n) is 12.8. The van der Waals surface area contributed by atoms with Crippen LogP contribution in [0, 0.1) is 12.1 Å². The zero-order valence-corrected chi connectivity index (χ0v) is 24.5. The first kappa shape index (κ1) is 28.3. The van der Waals surface area contributed by atoms with Gasteiger partial charge < -0.3 is 4.57 Å². The van der Waals surface area contributed by atoms with Gasteiger partial charge in [0.25, 0.3) is 0 Å². The summed E-state index contributed by atoms with van der Waals surface area (Å²) in [5, 5.41) is 16.1. The van der Waals surface area contributed by atoms with Gasteiger partial charge in [0.05, 0.1) is 5.82 Å². The largest absolute Gasteiger partial charge is 0.340 e. The molecule has 4 heterocycles. The minimum Gasteiger partial charge on any atom is -0.340 e. The van der Waals surface area contributed by atoms with Crippen molar-refractivity contribution in [1.82, 2.24) is 39.9 Å². The predicted molar refractivity (Wildman–Crippen MR) is 156 cm³/mol. The summed E-state index contributed by atoms with van der Waals surface area (Å²) in [7, 11) is 0. The van der Waals surface area contributed by atoms with Gasteiger partial charge in [-0.2, -0.15) is 10.2 Å². The van der Waals surface area contributed by atoms with Crippen LogP contribution in [-0.4, -0.2) is 39.9 Å². The Morgan fingerprint density at radius 1 is 0.571 bits per heavy atom. The standard InChI is InChI=1S/C20H14N3.C13H8N5.Ir/c1-2-9-19(10-3-1)23-13-12-22-20(23)17-7-4-6-16(14-17)18-8-5-11-21-15-18;1-2-6-10(7-3-1)12-15-17-13(18-16-12)11-8-4-5-9-14-11;/h1-6,8-15H;1-6,8-9H;/q2*-1;. The number of aromatic nitrogens is 8. The van der Waals surface area contributed by atoms with Gasteiger partial charge in [0.15, 0.2) is 0 Å². The van der Waals surface area contributed by atoms with Crippen LogP contribution in [0.5, 0.6) is 0 Å². The molecule has 0 aliphatic carbocycles. The van der Waals surface area contributed by atoms with Crippen LogP contribution in [-0.2, 0) is 20.1 Å². The zero-order chi connectivity index (χ0) is 27.7. The molecule has 0 fully saturated rings. The Kier molecular flexibility index (Phi) is 9.36. The molecular weight excluding hydrogens is 701 g/mol. The van der Waals surface area contributed by atoms with Crippen LogP contribution in [0.2, 0.25) is 0 Å². The fourth-order valence-electron chi connectivity index (χ4n) is 4.08. The number of rotatable bonds is 5. The smallest absolute Gasteiger partial charge is 0.220 e. The topological polar surface area (TPSA) is 95.2 Å².